The third kappa shape index (κ3) is 3.33. The molecule has 1 aromatic carbocycles. The van der Waals surface area contributed by atoms with Crippen LogP contribution in [0.15, 0.2) is 24.3 Å². The van der Waals surface area contributed by atoms with Crippen LogP contribution in [0.25, 0.3) is 0 Å². The van der Waals surface area contributed by atoms with Crippen LogP contribution in [0.2, 0.25) is 0 Å². The van der Waals surface area contributed by atoms with Gasteiger partial charge in [0.15, 0.2) is 0 Å². The summed E-state index contributed by atoms with van der Waals surface area (Å²) in [7, 11) is 0. The van der Waals surface area contributed by atoms with Crippen molar-refractivity contribution in [3.8, 4) is 17.9 Å². The van der Waals surface area contributed by atoms with Crippen molar-refractivity contribution in [1.82, 2.24) is 0 Å². The minimum atomic E-state index is 0.600. The van der Waals surface area contributed by atoms with E-state index in [0.29, 0.717) is 6.42 Å². The summed E-state index contributed by atoms with van der Waals surface area (Å²) in [5.41, 5.74) is 2.30. The van der Waals surface area contributed by atoms with E-state index in [1.807, 2.05) is 18.2 Å². The molecule has 0 N–H and O–H groups in total. The molecule has 0 bridgehead atoms. The molecule has 14 heavy (non-hydrogen) atoms. The molecule has 0 fully saturated rings. The molecule has 0 radical (unpaired) electrons. The van der Waals surface area contributed by atoms with Crippen molar-refractivity contribution >= 4 is 0 Å². The fraction of sp³-hybridized carbons (Fsp3) is 0.308. The molecule has 1 aromatic rings. The summed E-state index contributed by atoms with van der Waals surface area (Å²) in [5.74, 6) is 6.19. The first-order chi connectivity index (χ1) is 6.84. The minimum absolute atomic E-state index is 0.600. The lowest BCUT2D eigenvalue weighted by Gasteiger charge is -1.94. The predicted molar refractivity (Wildman–Crippen MR) is 57.5 cm³/mol. The summed E-state index contributed by atoms with van der Waals surface area (Å²) in [4.78, 5) is 0. The van der Waals surface area contributed by atoms with Gasteiger partial charge in [0.25, 0.3) is 0 Å². The number of aryl methyl sites for hydroxylation is 1. The highest BCUT2D eigenvalue weighted by Gasteiger charge is 1.89. The van der Waals surface area contributed by atoms with E-state index >= 15 is 0 Å². The van der Waals surface area contributed by atoms with Gasteiger partial charge >= 0.3 is 0 Å². The first-order valence-electron chi connectivity index (χ1n) is 4.76. The normalized spacial score (nSPS) is 8.57. The van der Waals surface area contributed by atoms with Gasteiger partial charge < -0.3 is 0 Å². The molecule has 0 spiro atoms. The van der Waals surface area contributed by atoms with E-state index in [1.54, 1.807) is 0 Å². The second-order valence-electron chi connectivity index (χ2n) is 3.13. The minimum Gasteiger partial charge on any atom is -0.198 e. The molecule has 0 aliphatic carbocycles. The molecule has 1 heteroatoms. The van der Waals surface area contributed by atoms with Crippen LogP contribution in [-0.4, -0.2) is 0 Å². The number of unbranched alkanes of at least 4 members (excludes halogenated alkanes) is 2. The largest absolute Gasteiger partial charge is 0.198 e. The first-order valence-corrected chi connectivity index (χ1v) is 4.76. The van der Waals surface area contributed by atoms with Crippen molar-refractivity contribution in [2.75, 3.05) is 0 Å². The molecule has 0 aliphatic rings. The van der Waals surface area contributed by atoms with E-state index in [-0.39, 0.29) is 0 Å². The first kappa shape index (κ1) is 10.4. The van der Waals surface area contributed by atoms with Crippen molar-refractivity contribution in [2.45, 2.75) is 26.2 Å². The van der Waals surface area contributed by atoms with Gasteiger partial charge in [-0.1, -0.05) is 30.0 Å². The number of hydrogen-bond donors (Lipinski definition) is 0. The van der Waals surface area contributed by atoms with Gasteiger partial charge in [0.1, 0.15) is 0 Å². The molecule has 0 heterocycles. The second kappa shape index (κ2) is 5.84. The quantitative estimate of drug-likeness (QED) is 0.510. The van der Waals surface area contributed by atoms with Crippen molar-refractivity contribution < 1.29 is 0 Å². The maximum atomic E-state index is 8.33. The summed E-state index contributed by atoms with van der Waals surface area (Å²) in [6.07, 6.45) is 2.28. The molecule has 1 rings (SSSR count). The molecule has 0 amide bonds. The Bertz CT molecular complexity index is 388. The summed E-state index contributed by atoms with van der Waals surface area (Å²) >= 11 is 0. The van der Waals surface area contributed by atoms with Crippen LogP contribution < -0.4 is 0 Å². The molecule has 1 nitrogen and oxygen atoms in total. The predicted octanol–water partition coefficient (Wildman–Crippen LogP) is 3.04. The molecule has 0 atom stereocenters. The zero-order valence-corrected chi connectivity index (χ0v) is 8.38. The van der Waals surface area contributed by atoms with Crippen LogP contribution in [0.4, 0.5) is 0 Å². The van der Waals surface area contributed by atoms with Gasteiger partial charge in [0.2, 0.25) is 0 Å². The van der Waals surface area contributed by atoms with Crippen LogP contribution in [0.3, 0.4) is 0 Å². The Kier molecular flexibility index (Phi) is 4.32. The number of nitrogens with zero attached hydrogens (tertiary/aromatic N) is 1. The molecule has 70 valence electrons. The third-order valence-electron chi connectivity index (χ3n) is 1.96. The average Bonchev–Trinajstić information content (AvgIpc) is 2.20. The average molecular weight is 183 g/mol. The van der Waals surface area contributed by atoms with Gasteiger partial charge in [-0.15, -0.1) is 0 Å². The monoisotopic (exact) mass is 183 g/mol. The van der Waals surface area contributed by atoms with Crippen LogP contribution in [0, 0.1) is 30.1 Å². The zero-order valence-electron chi connectivity index (χ0n) is 8.38. The maximum absolute atomic E-state index is 8.33. The maximum Gasteiger partial charge on any atom is 0.0622 e. The Balaban J connectivity index is 2.52. The van der Waals surface area contributed by atoms with Gasteiger partial charge in [-0.3, -0.25) is 0 Å². The fourth-order valence-corrected chi connectivity index (χ4v) is 1.13. The Morgan fingerprint density at radius 2 is 2.00 bits per heavy atom. The number of nitriles is 1. The Labute approximate surface area is 85.4 Å². The Morgan fingerprint density at radius 1 is 1.21 bits per heavy atom. The van der Waals surface area contributed by atoms with E-state index in [1.165, 1.54) is 5.56 Å². The molecule has 0 aromatic heterocycles. The van der Waals surface area contributed by atoms with Crippen LogP contribution in [-0.2, 0) is 0 Å². The SMILES string of the molecule is Cc1ccccc1C#CCCCC#N. The van der Waals surface area contributed by atoms with Gasteiger partial charge in [-0.2, -0.15) is 5.26 Å². The van der Waals surface area contributed by atoms with Crippen LogP contribution in [0.5, 0.6) is 0 Å². The van der Waals surface area contributed by atoms with E-state index in [9.17, 15) is 0 Å². The van der Waals surface area contributed by atoms with Crippen LogP contribution >= 0.6 is 0 Å². The van der Waals surface area contributed by atoms with Crippen molar-refractivity contribution in [2.24, 2.45) is 0 Å². The fourth-order valence-electron chi connectivity index (χ4n) is 1.13. The van der Waals surface area contributed by atoms with E-state index < -0.39 is 0 Å². The lowest BCUT2D eigenvalue weighted by molar-refractivity contribution is 0.894. The summed E-state index contributed by atoms with van der Waals surface area (Å²) in [5, 5.41) is 8.33. The van der Waals surface area contributed by atoms with Gasteiger partial charge in [-0.25, -0.2) is 0 Å². The Hall–Kier alpha value is -1.73. The van der Waals surface area contributed by atoms with Gasteiger partial charge in [0, 0.05) is 18.4 Å². The van der Waals surface area contributed by atoms with E-state index in [4.69, 9.17) is 5.26 Å². The molecule has 0 aliphatic heterocycles. The van der Waals surface area contributed by atoms with Crippen molar-refractivity contribution in [3.63, 3.8) is 0 Å². The molecular formula is C13H13N. The summed E-state index contributed by atoms with van der Waals surface area (Å²) in [6, 6.07) is 10.2. The van der Waals surface area contributed by atoms with Crippen LogP contribution in [0.1, 0.15) is 30.4 Å². The van der Waals surface area contributed by atoms with Crippen molar-refractivity contribution in [3.05, 3.63) is 35.4 Å². The summed E-state index contributed by atoms with van der Waals surface area (Å²) in [6.45, 7) is 2.05. The highest BCUT2D eigenvalue weighted by molar-refractivity contribution is 5.40. The molecular weight excluding hydrogens is 170 g/mol. The van der Waals surface area contributed by atoms with E-state index in [2.05, 4.69) is 30.9 Å². The van der Waals surface area contributed by atoms with Gasteiger partial charge in [-0.05, 0) is 25.0 Å². The second-order valence-corrected chi connectivity index (χ2v) is 3.13. The number of hydrogen-bond acceptors (Lipinski definition) is 1. The molecule has 0 unspecified atom stereocenters. The smallest absolute Gasteiger partial charge is 0.0622 e. The molecule has 0 saturated heterocycles. The number of benzene rings is 1. The standard InChI is InChI=1S/C13H13N/c1-12-8-5-6-10-13(12)9-4-2-3-7-11-14/h5-6,8,10H,2-3,7H2,1H3. The topological polar surface area (TPSA) is 23.8 Å². The zero-order chi connectivity index (χ0) is 10.2. The van der Waals surface area contributed by atoms with E-state index in [0.717, 1.165) is 18.4 Å². The highest BCUT2D eigenvalue weighted by Crippen LogP contribution is 2.04. The van der Waals surface area contributed by atoms with Gasteiger partial charge in [0.05, 0.1) is 6.07 Å². The number of rotatable bonds is 2. The Morgan fingerprint density at radius 3 is 2.71 bits per heavy atom. The lowest BCUT2D eigenvalue weighted by Crippen LogP contribution is -1.79. The third-order valence-corrected chi connectivity index (χ3v) is 1.96. The lowest BCUT2D eigenvalue weighted by atomic mass is 10.1. The molecule has 0 saturated carbocycles. The highest BCUT2D eigenvalue weighted by atomic mass is 14.2. The summed E-state index contributed by atoms with van der Waals surface area (Å²) < 4.78 is 0. The van der Waals surface area contributed by atoms with Crippen molar-refractivity contribution in [1.29, 1.82) is 5.26 Å².